The first-order valence-electron chi connectivity index (χ1n) is 2.68. The van der Waals surface area contributed by atoms with Gasteiger partial charge in [-0.1, -0.05) is 22.9 Å². The molecule has 0 aromatic heterocycles. The fourth-order valence-electron chi connectivity index (χ4n) is 0.594. The highest BCUT2D eigenvalue weighted by Crippen LogP contribution is 2.02. The van der Waals surface area contributed by atoms with E-state index in [4.69, 9.17) is 0 Å². The van der Waals surface area contributed by atoms with Crippen LogP contribution >= 0.6 is 22.6 Å². The number of benzene rings is 1. The molecule has 0 spiro atoms. The first-order chi connectivity index (χ1) is 4.20. The molecule has 3 radical (unpaired) electrons. The maximum Gasteiger partial charge on any atom is 0.0716 e. The summed E-state index contributed by atoms with van der Waals surface area (Å²) in [5.41, 5.74) is 1.28. The Labute approximate surface area is 72.2 Å². The maximum absolute atomic E-state index is 3.49. The minimum Gasteiger partial charge on any atom is -0.0635 e. The minimum atomic E-state index is 1.18. The van der Waals surface area contributed by atoms with Gasteiger partial charge in [0.1, 0.15) is 0 Å². The van der Waals surface area contributed by atoms with Gasteiger partial charge in [-0.25, -0.2) is 0 Å². The van der Waals surface area contributed by atoms with Crippen molar-refractivity contribution in [1.82, 2.24) is 0 Å². The molecular weight excluding hydrogens is 239 g/mol. The van der Waals surface area contributed by atoms with Gasteiger partial charge in [0.25, 0.3) is 0 Å². The van der Waals surface area contributed by atoms with E-state index in [0.717, 1.165) is 0 Å². The van der Waals surface area contributed by atoms with Crippen LogP contribution in [0, 0.1) is 10.5 Å². The second-order valence-corrected chi connectivity index (χ2v) is 3.74. The van der Waals surface area contributed by atoms with Gasteiger partial charge in [0.05, 0.1) is 10.2 Å². The van der Waals surface area contributed by atoms with E-state index in [-0.39, 0.29) is 0 Å². The quantitative estimate of drug-likeness (QED) is 0.478. The van der Waals surface area contributed by atoms with Gasteiger partial charge in [0, 0.05) is 3.57 Å². The molecular formula is C7H6ISi. The molecule has 9 heavy (non-hydrogen) atoms. The van der Waals surface area contributed by atoms with Gasteiger partial charge in [-0.3, -0.25) is 0 Å². The lowest BCUT2D eigenvalue weighted by molar-refractivity contribution is 1.50. The highest BCUT2D eigenvalue weighted by atomic mass is 127. The molecule has 0 amide bonds. The summed E-state index contributed by atoms with van der Waals surface area (Å²) >= 11 is 2.29. The van der Waals surface area contributed by atoms with Crippen LogP contribution in [0.1, 0.15) is 5.56 Å². The topological polar surface area (TPSA) is 0 Å². The van der Waals surface area contributed by atoms with Crippen molar-refractivity contribution in [3.05, 3.63) is 27.3 Å². The number of halogens is 1. The molecule has 0 unspecified atom stereocenters. The van der Waals surface area contributed by atoms with Crippen LogP contribution in [0.5, 0.6) is 0 Å². The standard InChI is InChI=1S/C7H6ISi/c1-5-2-3-6(8)4-7(5)9/h2-4H,1H3. The monoisotopic (exact) mass is 245 g/mol. The van der Waals surface area contributed by atoms with Crippen molar-refractivity contribution in [3.8, 4) is 0 Å². The Morgan fingerprint density at radius 2 is 2.11 bits per heavy atom. The molecule has 0 fully saturated rings. The zero-order valence-corrected chi connectivity index (χ0v) is 8.27. The Balaban J connectivity index is 3.17. The van der Waals surface area contributed by atoms with Crippen LogP contribution in [0.15, 0.2) is 18.2 Å². The molecule has 0 N–H and O–H groups in total. The molecule has 1 rings (SSSR count). The SMILES string of the molecule is Cc1ccc(I)cc1[Si]. The van der Waals surface area contributed by atoms with Gasteiger partial charge >= 0.3 is 0 Å². The number of hydrogen-bond acceptors (Lipinski definition) is 0. The second-order valence-electron chi connectivity index (χ2n) is 1.96. The molecule has 0 bridgehead atoms. The Hall–Kier alpha value is 0.167. The van der Waals surface area contributed by atoms with Crippen LogP contribution in [0.25, 0.3) is 0 Å². The van der Waals surface area contributed by atoms with E-state index in [2.05, 4.69) is 58.0 Å². The molecule has 0 nitrogen and oxygen atoms in total. The predicted octanol–water partition coefficient (Wildman–Crippen LogP) is 1.39. The first kappa shape index (κ1) is 7.28. The molecule has 0 saturated heterocycles. The molecule has 2 heteroatoms. The van der Waals surface area contributed by atoms with Crippen molar-refractivity contribution in [2.75, 3.05) is 0 Å². The molecule has 1 aromatic rings. The highest BCUT2D eigenvalue weighted by molar-refractivity contribution is 14.1. The second kappa shape index (κ2) is 2.83. The van der Waals surface area contributed by atoms with Crippen molar-refractivity contribution in [1.29, 1.82) is 0 Å². The van der Waals surface area contributed by atoms with E-state index in [1.165, 1.54) is 14.3 Å². The highest BCUT2D eigenvalue weighted by Gasteiger charge is 1.90. The lowest BCUT2D eigenvalue weighted by Gasteiger charge is -1.97. The van der Waals surface area contributed by atoms with E-state index in [0.29, 0.717) is 0 Å². The number of rotatable bonds is 0. The number of hydrogen-bond donors (Lipinski definition) is 0. The van der Waals surface area contributed by atoms with Crippen LogP contribution in [0.2, 0.25) is 0 Å². The predicted molar refractivity (Wildman–Crippen MR) is 49.3 cm³/mol. The van der Waals surface area contributed by atoms with Gasteiger partial charge in [0.2, 0.25) is 0 Å². The molecule has 0 heterocycles. The molecule has 0 aliphatic carbocycles. The van der Waals surface area contributed by atoms with Crippen LogP contribution in [0.3, 0.4) is 0 Å². The van der Waals surface area contributed by atoms with E-state index in [9.17, 15) is 0 Å². The van der Waals surface area contributed by atoms with Crippen LogP contribution in [-0.2, 0) is 0 Å². The van der Waals surface area contributed by atoms with Crippen molar-refractivity contribution in [2.24, 2.45) is 0 Å². The average Bonchev–Trinajstić information content (AvgIpc) is 1.80. The van der Waals surface area contributed by atoms with E-state index in [1.54, 1.807) is 0 Å². The molecule has 0 atom stereocenters. The summed E-state index contributed by atoms with van der Waals surface area (Å²) in [5.74, 6) is 0. The summed E-state index contributed by atoms with van der Waals surface area (Å²) in [7, 11) is 3.49. The van der Waals surface area contributed by atoms with Crippen molar-refractivity contribution in [3.63, 3.8) is 0 Å². The smallest absolute Gasteiger partial charge is 0.0635 e. The average molecular weight is 245 g/mol. The maximum atomic E-state index is 3.49. The van der Waals surface area contributed by atoms with Gasteiger partial charge in [-0.05, 0) is 35.6 Å². The molecule has 0 aliphatic heterocycles. The summed E-state index contributed by atoms with van der Waals surface area (Å²) in [6, 6.07) is 6.30. The summed E-state index contributed by atoms with van der Waals surface area (Å²) in [6.07, 6.45) is 0. The summed E-state index contributed by atoms with van der Waals surface area (Å²) in [6.45, 7) is 2.08. The fourth-order valence-corrected chi connectivity index (χ4v) is 1.62. The third-order valence-corrected chi connectivity index (χ3v) is 2.41. The minimum absolute atomic E-state index is 1.18. The Kier molecular flexibility index (Phi) is 2.29. The Bertz CT molecular complexity index is 220. The van der Waals surface area contributed by atoms with Gasteiger partial charge in [-0.2, -0.15) is 0 Å². The summed E-state index contributed by atoms with van der Waals surface area (Å²) in [4.78, 5) is 0. The molecule has 0 aliphatic rings. The van der Waals surface area contributed by atoms with Crippen LogP contribution < -0.4 is 5.19 Å². The Morgan fingerprint density at radius 1 is 1.44 bits per heavy atom. The van der Waals surface area contributed by atoms with Crippen LogP contribution in [0.4, 0.5) is 0 Å². The van der Waals surface area contributed by atoms with E-state index in [1.807, 2.05) is 0 Å². The van der Waals surface area contributed by atoms with Gasteiger partial charge in [0.15, 0.2) is 0 Å². The zero-order valence-electron chi connectivity index (χ0n) is 5.11. The largest absolute Gasteiger partial charge is 0.0716 e. The lowest BCUT2D eigenvalue weighted by Crippen LogP contribution is -2.06. The van der Waals surface area contributed by atoms with E-state index < -0.39 is 0 Å². The zero-order chi connectivity index (χ0) is 6.85. The molecule has 1 aromatic carbocycles. The van der Waals surface area contributed by atoms with E-state index >= 15 is 0 Å². The summed E-state index contributed by atoms with van der Waals surface area (Å²) < 4.78 is 1.27. The van der Waals surface area contributed by atoms with Crippen LogP contribution in [-0.4, -0.2) is 10.2 Å². The normalized spacial score (nSPS) is 9.67. The number of aryl methyl sites for hydroxylation is 1. The third kappa shape index (κ3) is 1.79. The lowest BCUT2D eigenvalue weighted by atomic mass is 10.2. The fraction of sp³-hybridized carbons (Fsp3) is 0.143. The molecule has 45 valence electrons. The van der Waals surface area contributed by atoms with Crippen molar-refractivity contribution < 1.29 is 0 Å². The summed E-state index contributed by atoms with van der Waals surface area (Å²) in [5, 5.41) is 1.18. The molecule has 0 saturated carbocycles. The third-order valence-electron chi connectivity index (χ3n) is 1.20. The van der Waals surface area contributed by atoms with Crippen molar-refractivity contribution in [2.45, 2.75) is 6.92 Å². The van der Waals surface area contributed by atoms with Gasteiger partial charge < -0.3 is 0 Å². The van der Waals surface area contributed by atoms with Gasteiger partial charge in [-0.15, -0.1) is 0 Å². The first-order valence-corrected chi connectivity index (χ1v) is 4.26. The van der Waals surface area contributed by atoms with Crippen molar-refractivity contribution >= 4 is 38.0 Å². The Morgan fingerprint density at radius 3 is 2.56 bits per heavy atom.